The minimum Gasteiger partial charge on any atom is -0.457 e. The second kappa shape index (κ2) is 8.08. The number of hydrogen-bond acceptors (Lipinski definition) is 6. The van der Waals surface area contributed by atoms with E-state index < -0.39 is 34.8 Å². The van der Waals surface area contributed by atoms with Gasteiger partial charge in [0.1, 0.15) is 10.4 Å². The third-order valence-electron chi connectivity index (χ3n) is 3.01. The quantitative estimate of drug-likeness (QED) is 0.367. The fourth-order valence-corrected chi connectivity index (χ4v) is 1.81. The maximum atomic E-state index is 12.1. The molecule has 1 rings (SSSR count). The van der Waals surface area contributed by atoms with Crippen LogP contribution in [0.15, 0.2) is 12.2 Å². The molecule has 7 heteroatoms. The summed E-state index contributed by atoms with van der Waals surface area (Å²) in [7, 11) is 0. The van der Waals surface area contributed by atoms with Crippen LogP contribution in [-0.2, 0) is 28.5 Å². The second-order valence-corrected chi connectivity index (χ2v) is 7.66. The highest BCUT2D eigenvalue weighted by Gasteiger charge is 2.42. The number of alkyl halides is 1. The first-order valence-electron chi connectivity index (χ1n) is 7.16. The Morgan fingerprint density at radius 2 is 1.95 bits per heavy atom. The normalized spacial score (nSPS) is 18.0. The van der Waals surface area contributed by atoms with Gasteiger partial charge >= 0.3 is 11.9 Å². The van der Waals surface area contributed by atoms with Crippen LogP contribution < -0.4 is 0 Å². The monoisotopic (exact) mass is 378 g/mol. The summed E-state index contributed by atoms with van der Waals surface area (Å²) in [5.74, 6) is -1.01. The van der Waals surface area contributed by atoms with Crippen LogP contribution in [0.1, 0.15) is 40.5 Å². The molecular formula is C15H23BrO6. The fraction of sp³-hybridized carbons (Fsp3) is 0.733. The molecule has 6 nitrogen and oxygen atoms in total. The van der Waals surface area contributed by atoms with Gasteiger partial charge in [0, 0.05) is 5.57 Å². The Morgan fingerprint density at radius 3 is 2.32 bits per heavy atom. The average molecular weight is 379 g/mol. The van der Waals surface area contributed by atoms with Crippen molar-refractivity contribution < 1.29 is 28.5 Å². The van der Waals surface area contributed by atoms with Gasteiger partial charge in [-0.2, -0.15) is 0 Å². The minimum atomic E-state index is -0.830. The van der Waals surface area contributed by atoms with Crippen LogP contribution in [0.5, 0.6) is 0 Å². The Bertz CT molecular complexity index is 424. The topological polar surface area (TPSA) is 71.1 Å². The Balaban J connectivity index is 2.86. The van der Waals surface area contributed by atoms with Gasteiger partial charge in [0.25, 0.3) is 0 Å². The molecule has 2 atom stereocenters. The van der Waals surface area contributed by atoms with Gasteiger partial charge in [-0.05, 0) is 27.2 Å². The summed E-state index contributed by atoms with van der Waals surface area (Å²) in [6, 6.07) is 0. The van der Waals surface area contributed by atoms with E-state index in [0.717, 1.165) is 6.42 Å². The number of carbonyl (C=O) groups excluding carboxylic acids is 2. The van der Waals surface area contributed by atoms with Crippen LogP contribution in [0.3, 0.4) is 0 Å². The number of hydrogen-bond donors (Lipinski definition) is 0. The molecule has 126 valence electrons. The fourth-order valence-electron chi connectivity index (χ4n) is 1.72. The van der Waals surface area contributed by atoms with E-state index in [4.69, 9.17) is 18.9 Å². The van der Waals surface area contributed by atoms with Crippen molar-refractivity contribution in [1.29, 1.82) is 0 Å². The molecule has 0 saturated carbocycles. The summed E-state index contributed by atoms with van der Waals surface area (Å²) in [4.78, 5) is 23.9. The van der Waals surface area contributed by atoms with Crippen LogP contribution in [-0.4, -0.2) is 41.6 Å². The van der Waals surface area contributed by atoms with Crippen molar-refractivity contribution in [2.24, 2.45) is 0 Å². The van der Waals surface area contributed by atoms with Crippen LogP contribution in [0.4, 0.5) is 0 Å². The molecule has 0 aromatic carbocycles. The highest BCUT2D eigenvalue weighted by Crippen LogP contribution is 2.26. The number of ether oxygens (including phenoxy) is 4. The van der Waals surface area contributed by atoms with Crippen LogP contribution in [0, 0.1) is 0 Å². The summed E-state index contributed by atoms with van der Waals surface area (Å²) in [5.41, 5.74) is 0.256. The summed E-state index contributed by atoms with van der Waals surface area (Å²) >= 11 is 3.26. The summed E-state index contributed by atoms with van der Waals surface area (Å²) in [5, 5.41) is 0. The van der Waals surface area contributed by atoms with Gasteiger partial charge in [0.15, 0.2) is 12.9 Å². The van der Waals surface area contributed by atoms with E-state index in [9.17, 15) is 9.59 Å². The highest BCUT2D eigenvalue weighted by atomic mass is 79.9. The molecule has 0 aromatic heterocycles. The summed E-state index contributed by atoms with van der Waals surface area (Å²) < 4.78 is 20.5. The summed E-state index contributed by atoms with van der Waals surface area (Å²) in [6.07, 6.45) is -0.938. The lowest BCUT2D eigenvalue weighted by molar-refractivity contribution is -0.358. The van der Waals surface area contributed by atoms with Gasteiger partial charge in [-0.25, -0.2) is 4.79 Å². The van der Waals surface area contributed by atoms with Crippen molar-refractivity contribution in [3.05, 3.63) is 12.2 Å². The third kappa shape index (κ3) is 5.37. The van der Waals surface area contributed by atoms with Crippen molar-refractivity contribution in [3.63, 3.8) is 0 Å². The third-order valence-corrected chi connectivity index (χ3v) is 3.33. The van der Waals surface area contributed by atoms with Gasteiger partial charge in [-0.3, -0.25) is 4.79 Å². The van der Waals surface area contributed by atoms with E-state index in [0.29, 0.717) is 6.42 Å². The molecule has 1 aliphatic rings. The number of carbonyl (C=O) groups is 2. The van der Waals surface area contributed by atoms with E-state index in [1.807, 2.05) is 6.92 Å². The van der Waals surface area contributed by atoms with Crippen molar-refractivity contribution in [1.82, 2.24) is 0 Å². The van der Waals surface area contributed by atoms with Crippen LogP contribution in [0.2, 0.25) is 0 Å². The van der Waals surface area contributed by atoms with Gasteiger partial charge in [-0.1, -0.05) is 35.9 Å². The molecule has 1 saturated heterocycles. The number of esters is 2. The second-order valence-electron chi connectivity index (χ2n) is 5.67. The van der Waals surface area contributed by atoms with E-state index in [1.54, 1.807) is 20.8 Å². The molecule has 2 unspecified atom stereocenters. The largest absolute Gasteiger partial charge is 0.457 e. The van der Waals surface area contributed by atoms with Gasteiger partial charge in [0.2, 0.25) is 6.29 Å². The van der Waals surface area contributed by atoms with Gasteiger partial charge in [-0.15, -0.1) is 0 Å². The zero-order valence-electron chi connectivity index (χ0n) is 13.4. The van der Waals surface area contributed by atoms with Crippen LogP contribution in [0.25, 0.3) is 0 Å². The first-order valence-corrected chi connectivity index (χ1v) is 7.95. The molecule has 0 radical (unpaired) electrons. The molecule has 22 heavy (non-hydrogen) atoms. The zero-order valence-corrected chi connectivity index (χ0v) is 15.0. The average Bonchev–Trinajstić information content (AvgIpc) is 2.33. The lowest BCUT2D eigenvalue weighted by Gasteiger charge is -2.37. The molecule has 0 spiro atoms. The standard InChI is InChI=1S/C15H23BrO6/c1-6-7-10(21-14(18)15(4,5)16)11(13-19-8-20-13)22-12(17)9(2)3/h10-11,13H,2,6-8H2,1,3-5H3. The highest BCUT2D eigenvalue weighted by molar-refractivity contribution is 9.10. The van der Waals surface area contributed by atoms with Crippen molar-refractivity contribution in [3.8, 4) is 0 Å². The first kappa shape index (κ1) is 19.1. The Labute approximate surface area is 139 Å². The molecule has 0 amide bonds. The number of halogens is 1. The molecule has 0 aromatic rings. The summed E-state index contributed by atoms with van der Waals surface area (Å²) in [6.45, 7) is 10.5. The molecule has 0 N–H and O–H groups in total. The van der Waals surface area contributed by atoms with Crippen molar-refractivity contribution >= 4 is 27.9 Å². The van der Waals surface area contributed by atoms with E-state index in [-0.39, 0.29) is 12.4 Å². The van der Waals surface area contributed by atoms with Crippen molar-refractivity contribution in [2.75, 3.05) is 6.79 Å². The predicted molar refractivity (Wildman–Crippen MR) is 83.3 cm³/mol. The molecule has 1 aliphatic heterocycles. The maximum absolute atomic E-state index is 12.1. The first-order chi connectivity index (χ1) is 10.2. The Morgan fingerprint density at radius 1 is 1.36 bits per heavy atom. The maximum Gasteiger partial charge on any atom is 0.333 e. The molecule has 0 bridgehead atoms. The molecule has 1 heterocycles. The smallest absolute Gasteiger partial charge is 0.333 e. The van der Waals surface area contributed by atoms with Gasteiger partial charge < -0.3 is 18.9 Å². The minimum absolute atomic E-state index is 0.127. The van der Waals surface area contributed by atoms with Crippen molar-refractivity contribution in [2.45, 2.75) is 63.4 Å². The lowest BCUT2D eigenvalue weighted by atomic mass is 10.1. The predicted octanol–water partition coefficient (Wildman–Crippen LogP) is 2.69. The SMILES string of the molecule is C=C(C)C(=O)OC(C(CCC)OC(=O)C(C)(C)Br)C1OCO1. The van der Waals surface area contributed by atoms with Crippen LogP contribution >= 0.6 is 15.9 Å². The van der Waals surface area contributed by atoms with Gasteiger partial charge in [0.05, 0.1) is 0 Å². The Kier molecular flexibility index (Phi) is 7.02. The molecule has 0 aliphatic carbocycles. The molecular weight excluding hydrogens is 356 g/mol. The lowest BCUT2D eigenvalue weighted by Crippen LogP contribution is -2.51. The van der Waals surface area contributed by atoms with E-state index >= 15 is 0 Å². The van der Waals surface area contributed by atoms with E-state index in [2.05, 4.69) is 22.5 Å². The zero-order chi connectivity index (χ0) is 16.9. The van der Waals surface area contributed by atoms with E-state index in [1.165, 1.54) is 0 Å². The molecule has 1 fully saturated rings. The number of rotatable bonds is 8. The Hall–Kier alpha value is -0.920.